The van der Waals surface area contributed by atoms with Gasteiger partial charge < -0.3 is 10.1 Å². The molecule has 0 fully saturated rings. The zero-order valence-electron chi connectivity index (χ0n) is 16.5. The number of hydrogen-bond acceptors (Lipinski definition) is 2. The van der Waals surface area contributed by atoms with E-state index in [0.717, 1.165) is 37.1 Å². The highest BCUT2D eigenvalue weighted by molar-refractivity contribution is 5.76. The Balaban J connectivity index is 1.66. The number of nitrogens with one attached hydrogen (secondary N) is 1. The molecule has 0 unspecified atom stereocenters. The predicted octanol–water partition coefficient (Wildman–Crippen LogP) is 4.81. The summed E-state index contributed by atoms with van der Waals surface area (Å²) in [6.45, 7) is 7.16. The molecule has 0 aliphatic heterocycles. The number of carbonyl (C=O) groups is 1. The molecule has 0 bridgehead atoms. The fourth-order valence-corrected chi connectivity index (χ4v) is 3.03. The van der Waals surface area contributed by atoms with Crippen LogP contribution in [0.2, 0.25) is 0 Å². The van der Waals surface area contributed by atoms with Crippen molar-refractivity contribution in [3.05, 3.63) is 64.7 Å². The normalized spacial score (nSPS) is 10.8. The lowest BCUT2D eigenvalue weighted by Gasteiger charge is -2.09. The standard InChI is InChI=1S/C23H31NO2/c1-17(2)21-11-7-19(8-12-21)6-5-15-24-23(25)14-10-20-9-13-22(26-4)18(3)16-20/h7-9,11-13,16-17H,5-6,10,14-15H2,1-4H3,(H,24,25). The first kappa shape index (κ1) is 20.0. The molecular weight excluding hydrogens is 322 g/mol. The van der Waals surface area contributed by atoms with Crippen molar-refractivity contribution in [1.29, 1.82) is 0 Å². The maximum atomic E-state index is 12.0. The van der Waals surface area contributed by atoms with E-state index in [1.807, 2.05) is 19.1 Å². The number of methoxy groups -OCH3 is 1. The molecule has 2 rings (SSSR count). The number of hydrogen-bond donors (Lipinski definition) is 1. The quantitative estimate of drug-likeness (QED) is 0.657. The van der Waals surface area contributed by atoms with Crippen LogP contribution in [0.4, 0.5) is 0 Å². The Labute approximate surface area is 157 Å². The van der Waals surface area contributed by atoms with E-state index in [4.69, 9.17) is 4.74 Å². The molecule has 0 spiro atoms. The lowest BCUT2D eigenvalue weighted by Crippen LogP contribution is -2.25. The van der Waals surface area contributed by atoms with Gasteiger partial charge in [-0.1, -0.05) is 50.2 Å². The molecule has 0 radical (unpaired) electrons. The molecule has 0 saturated heterocycles. The number of benzene rings is 2. The highest BCUT2D eigenvalue weighted by Gasteiger charge is 2.05. The number of ether oxygens (including phenoxy) is 1. The zero-order chi connectivity index (χ0) is 18.9. The van der Waals surface area contributed by atoms with Crippen LogP contribution < -0.4 is 10.1 Å². The third-order valence-corrected chi connectivity index (χ3v) is 4.71. The summed E-state index contributed by atoms with van der Waals surface area (Å²) >= 11 is 0. The minimum atomic E-state index is 0.119. The molecule has 3 nitrogen and oxygen atoms in total. The van der Waals surface area contributed by atoms with E-state index in [2.05, 4.69) is 49.5 Å². The SMILES string of the molecule is COc1ccc(CCC(=O)NCCCc2ccc(C(C)C)cc2)cc1C. The minimum absolute atomic E-state index is 0.119. The van der Waals surface area contributed by atoms with Crippen molar-refractivity contribution in [2.24, 2.45) is 0 Å². The molecule has 1 amide bonds. The summed E-state index contributed by atoms with van der Waals surface area (Å²) in [6.07, 6.45) is 3.24. The molecule has 0 aromatic heterocycles. The Morgan fingerprint density at radius 1 is 1.04 bits per heavy atom. The first-order chi connectivity index (χ1) is 12.5. The molecule has 0 aliphatic carbocycles. The number of aryl methyl sites for hydroxylation is 3. The van der Waals surface area contributed by atoms with E-state index in [-0.39, 0.29) is 5.91 Å². The largest absolute Gasteiger partial charge is 0.496 e. The van der Waals surface area contributed by atoms with Gasteiger partial charge in [0.05, 0.1) is 7.11 Å². The molecule has 3 heteroatoms. The molecule has 1 N–H and O–H groups in total. The highest BCUT2D eigenvalue weighted by atomic mass is 16.5. The summed E-state index contributed by atoms with van der Waals surface area (Å²) in [6, 6.07) is 14.9. The first-order valence-corrected chi connectivity index (χ1v) is 9.48. The number of carbonyl (C=O) groups excluding carboxylic acids is 1. The molecule has 0 heterocycles. The first-order valence-electron chi connectivity index (χ1n) is 9.48. The van der Waals surface area contributed by atoms with Crippen LogP contribution in [0, 0.1) is 6.92 Å². The summed E-state index contributed by atoms with van der Waals surface area (Å²) in [7, 11) is 1.67. The van der Waals surface area contributed by atoms with Gasteiger partial charge in [-0.15, -0.1) is 0 Å². The van der Waals surface area contributed by atoms with Crippen molar-refractivity contribution in [2.75, 3.05) is 13.7 Å². The Hall–Kier alpha value is -2.29. The van der Waals surface area contributed by atoms with E-state index in [0.29, 0.717) is 12.3 Å². The second-order valence-corrected chi connectivity index (χ2v) is 7.15. The Kier molecular flexibility index (Phi) is 7.71. The van der Waals surface area contributed by atoms with Crippen molar-refractivity contribution in [3.63, 3.8) is 0 Å². The van der Waals surface area contributed by atoms with Crippen LogP contribution in [-0.4, -0.2) is 19.6 Å². The lowest BCUT2D eigenvalue weighted by molar-refractivity contribution is -0.121. The molecule has 26 heavy (non-hydrogen) atoms. The van der Waals surface area contributed by atoms with Gasteiger partial charge in [-0.25, -0.2) is 0 Å². The fraction of sp³-hybridized carbons (Fsp3) is 0.435. The summed E-state index contributed by atoms with van der Waals surface area (Å²) in [5.74, 6) is 1.58. The van der Waals surface area contributed by atoms with Crippen LogP contribution in [0.1, 0.15) is 54.9 Å². The van der Waals surface area contributed by atoms with Gasteiger partial charge in [-0.05, 0) is 60.4 Å². The molecule has 2 aromatic carbocycles. The number of rotatable bonds is 9. The summed E-state index contributed by atoms with van der Waals surface area (Å²) in [5, 5.41) is 3.03. The van der Waals surface area contributed by atoms with E-state index in [1.165, 1.54) is 16.7 Å². The van der Waals surface area contributed by atoms with E-state index < -0.39 is 0 Å². The van der Waals surface area contributed by atoms with E-state index >= 15 is 0 Å². The van der Waals surface area contributed by atoms with Crippen LogP contribution in [-0.2, 0) is 17.6 Å². The van der Waals surface area contributed by atoms with Gasteiger partial charge in [-0.3, -0.25) is 4.79 Å². The van der Waals surface area contributed by atoms with Crippen LogP contribution in [0.25, 0.3) is 0 Å². The maximum absolute atomic E-state index is 12.0. The van der Waals surface area contributed by atoms with E-state index in [1.54, 1.807) is 7.11 Å². The van der Waals surface area contributed by atoms with Gasteiger partial charge in [-0.2, -0.15) is 0 Å². The average molecular weight is 354 g/mol. The van der Waals surface area contributed by atoms with Crippen LogP contribution >= 0.6 is 0 Å². The van der Waals surface area contributed by atoms with Gasteiger partial charge in [0.15, 0.2) is 0 Å². The Morgan fingerprint density at radius 2 is 1.73 bits per heavy atom. The minimum Gasteiger partial charge on any atom is -0.496 e. The molecule has 140 valence electrons. The summed E-state index contributed by atoms with van der Waals surface area (Å²) in [5.41, 5.74) is 4.98. The van der Waals surface area contributed by atoms with Gasteiger partial charge in [0, 0.05) is 13.0 Å². The second-order valence-electron chi connectivity index (χ2n) is 7.15. The number of amides is 1. The summed E-state index contributed by atoms with van der Waals surface area (Å²) < 4.78 is 5.27. The zero-order valence-corrected chi connectivity index (χ0v) is 16.5. The van der Waals surface area contributed by atoms with Crippen molar-refractivity contribution in [3.8, 4) is 5.75 Å². The third kappa shape index (κ3) is 6.21. The smallest absolute Gasteiger partial charge is 0.220 e. The summed E-state index contributed by atoms with van der Waals surface area (Å²) in [4.78, 5) is 12.0. The van der Waals surface area contributed by atoms with Gasteiger partial charge in [0.2, 0.25) is 5.91 Å². The predicted molar refractivity (Wildman–Crippen MR) is 108 cm³/mol. The van der Waals surface area contributed by atoms with Gasteiger partial charge >= 0.3 is 0 Å². The van der Waals surface area contributed by atoms with E-state index in [9.17, 15) is 4.79 Å². The molecule has 0 saturated carbocycles. The Bertz CT molecular complexity index is 705. The van der Waals surface area contributed by atoms with Crippen molar-refractivity contribution in [1.82, 2.24) is 5.32 Å². The van der Waals surface area contributed by atoms with Crippen LogP contribution in [0.15, 0.2) is 42.5 Å². The fourth-order valence-electron chi connectivity index (χ4n) is 3.03. The van der Waals surface area contributed by atoms with Gasteiger partial charge in [0.1, 0.15) is 5.75 Å². The average Bonchev–Trinajstić information content (AvgIpc) is 2.64. The topological polar surface area (TPSA) is 38.3 Å². The maximum Gasteiger partial charge on any atom is 0.220 e. The van der Waals surface area contributed by atoms with Crippen LogP contribution in [0.5, 0.6) is 5.75 Å². The molecular formula is C23H31NO2. The Morgan fingerprint density at radius 3 is 2.35 bits per heavy atom. The third-order valence-electron chi connectivity index (χ3n) is 4.71. The van der Waals surface area contributed by atoms with Crippen molar-refractivity contribution in [2.45, 2.75) is 52.4 Å². The van der Waals surface area contributed by atoms with Crippen LogP contribution in [0.3, 0.4) is 0 Å². The highest BCUT2D eigenvalue weighted by Crippen LogP contribution is 2.19. The van der Waals surface area contributed by atoms with Gasteiger partial charge in [0.25, 0.3) is 0 Å². The monoisotopic (exact) mass is 353 g/mol. The molecule has 2 aromatic rings. The molecule has 0 atom stereocenters. The van der Waals surface area contributed by atoms with Crippen molar-refractivity contribution >= 4 is 5.91 Å². The lowest BCUT2D eigenvalue weighted by atomic mass is 10.0. The van der Waals surface area contributed by atoms with Crippen molar-refractivity contribution < 1.29 is 9.53 Å². The second kappa shape index (κ2) is 10.0. The molecule has 0 aliphatic rings.